The van der Waals surface area contributed by atoms with Crippen LogP contribution in [0.3, 0.4) is 0 Å². The van der Waals surface area contributed by atoms with Crippen molar-refractivity contribution in [3.05, 3.63) is 34.9 Å². The summed E-state index contributed by atoms with van der Waals surface area (Å²) in [6, 6.07) is 6.90. The van der Waals surface area contributed by atoms with E-state index in [1.54, 1.807) is 0 Å². The van der Waals surface area contributed by atoms with Crippen LogP contribution in [-0.4, -0.2) is 20.3 Å². The van der Waals surface area contributed by atoms with Crippen molar-refractivity contribution in [2.45, 2.75) is 46.6 Å². The molecule has 1 rings (SSSR count). The summed E-state index contributed by atoms with van der Waals surface area (Å²) in [7, 11) is 2.01. The van der Waals surface area contributed by atoms with Gasteiger partial charge in [0.15, 0.2) is 0 Å². The minimum absolute atomic E-state index is 0.286. The second kappa shape index (κ2) is 8.34. The molecule has 0 amide bonds. The smallest absolute Gasteiger partial charge is 0.0661 e. The van der Waals surface area contributed by atoms with E-state index >= 15 is 0 Å². The first-order chi connectivity index (χ1) is 9.08. The van der Waals surface area contributed by atoms with Gasteiger partial charge >= 0.3 is 0 Å². The lowest BCUT2D eigenvalue weighted by Gasteiger charge is -2.20. The predicted molar refractivity (Wildman–Crippen MR) is 82.6 cm³/mol. The van der Waals surface area contributed by atoms with Gasteiger partial charge in [-0.3, -0.25) is 0 Å². The molecule has 0 aliphatic heterocycles. The first-order valence-corrected chi connectivity index (χ1v) is 7.40. The zero-order valence-electron chi connectivity index (χ0n) is 13.1. The average molecular weight is 263 g/mol. The molecule has 0 saturated heterocycles. The Bertz CT molecular complexity index is 376. The van der Waals surface area contributed by atoms with Gasteiger partial charge in [-0.2, -0.15) is 0 Å². The molecule has 0 aliphatic rings. The van der Waals surface area contributed by atoms with E-state index in [1.165, 1.54) is 29.5 Å². The molecule has 1 N–H and O–H groups in total. The predicted octanol–water partition coefficient (Wildman–Crippen LogP) is 4.02. The summed E-state index contributed by atoms with van der Waals surface area (Å²) >= 11 is 0. The van der Waals surface area contributed by atoms with Crippen LogP contribution in [0.15, 0.2) is 18.2 Å². The fraction of sp³-hybridized carbons (Fsp3) is 0.647. The van der Waals surface area contributed by atoms with Crippen molar-refractivity contribution in [2.75, 3.05) is 20.3 Å². The Morgan fingerprint density at radius 2 is 1.95 bits per heavy atom. The minimum Gasteiger partial charge on any atom is -0.379 e. The van der Waals surface area contributed by atoms with Gasteiger partial charge in [-0.1, -0.05) is 44.0 Å². The molecule has 0 saturated carbocycles. The van der Waals surface area contributed by atoms with Crippen LogP contribution in [0.1, 0.15) is 49.4 Å². The van der Waals surface area contributed by atoms with Crippen molar-refractivity contribution >= 4 is 0 Å². The van der Waals surface area contributed by atoms with Gasteiger partial charge in [0.05, 0.1) is 12.6 Å². The summed E-state index contributed by atoms with van der Waals surface area (Å²) in [5.41, 5.74) is 3.99. The summed E-state index contributed by atoms with van der Waals surface area (Å²) < 4.78 is 5.89. The molecular weight excluding hydrogens is 234 g/mol. The molecule has 2 nitrogen and oxygen atoms in total. The zero-order valence-corrected chi connectivity index (χ0v) is 13.1. The third kappa shape index (κ3) is 5.33. The van der Waals surface area contributed by atoms with E-state index in [0.717, 1.165) is 13.2 Å². The second-order valence-corrected chi connectivity index (χ2v) is 5.63. The van der Waals surface area contributed by atoms with Crippen LogP contribution in [-0.2, 0) is 4.74 Å². The van der Waals surface area contributed by atoms with Gasteiger partial charge in [0.25, 0.3) is 0 Å². The van der Waals surface area contributed by atoms with Crippen molar-refractivity contribution < 1.29 is 4.74 Å². The first kappa shape index (κ1) is 16.2. The van der Waals surface area contributed by atoms with Crippen LogP contribution in [0.2, 0.25) is 0 Å². The maximum absolute atomic E-state index is 5.89. The minimum atomic E-state index is 0.286. The number of rotatable bonds is 8. The number of likely N-dealkylation sites (N-methyl/N-ethyl adjacent to an activating group) is 1. The number of hydrogen-bond donors (Lipinski definition) is 1. The molecule has 2 heteroatoms. The molecule has 1 aromatic carbocycles. The largest absolute Gasteiger partial charge is 0.379 e. The van der Waals surface area contributed by atoms with Gasteiger partial charge in [-0.05, 0) is 44.4 Å². The molecule has 2 unspecified atom stereocenters. The SMILES string of the molecule is CCCC(C)COCC(NC)c1cc(C)ccc1C. The summed E-state index contributed by atoms with van der Waals surface area (Å²) in [6.45, 7) is 10.4. The number of aryl methyl sites for hydroxylation is 2. The van der Waals surface area contributed by atoms with E-state index in [0.29, 0.717) is 5.92 Å². The third-order valence-corrected chi connectivity index (χ3v) is 3.63. The van der Waals surface area contributed by atoms with Crippen molar-refractivity contribution in [2.24, 2.45) is 5.92 Å². The molecule has 2 atom stereocenters. The molecule has 1 aromatic rings. The topological polar surface area (TPSA) is 21.3 Å². The Labute approximate surface area is 118 Å². The lowest BCUT2D eigenvalue weighted by atomic mass is 9.99. The van der Waals surface area contributed by atoms with Crippen molar-refractivity contribution in [1.29, 1.82) is 0 Å². The van der Waals surface area contributed by atoms with Gasteiger partial charge in [0.1, 0.15) is 0 Å². The standard InChI is InChI=1S/C17H29NO/c1-6-7-14(3)11-19-12-17(18-5)16-10-13(2)8-9-15(16)4/h8-10,14,17-18H,6-7,11-12H2,1-5H3. The molecule has 0 heterocycles. The number of ether oxygens (including phenoxy) is 1. The molecule has 0 aliphatic carbocycles. The molecule has 19 heavy (non-hydrogen) atoms. The van der Waals surface area contributed by atoms with Gasteiger partial charge in [0, 0.05) is 6.61 Å². The van der Waals surface area contributed by atoms with Crippen LogP contribution >= 0.6 is 0 Å². The molecule has 0 spiro atoms. The summed E-state index contributed by atoms with van der Waals surface area (Å²) in [5, 5.41) is 3.37. The van der Waals surface area contributed by atoms with Crippen LogP contribution in [0, 0.1) is 19.8 Å². The van der Waals surface area contributed by atoms with Gasteiger partial charge in [-0.25, -0.2) is 0 Å². The first-order valence-electron chi connectivity index (χ1n) is 7.40. The van der Waals surface area contributed by atoms with Crippen molar-refractivity contribution in [1.82, 2.24) is 5.32 Å². The Balaban J connectivity index is 2.56. The van der Waals surface area contributed by atoms with Crippen LogP contribution in [0.4, 0.5) is 0 Å². The fourth-order valence-corrected chi connectivity index (χ4v) is 2.43. The number of benzene rings is 1. The monoisotopic (exact) mass is 263 g/mol. The highest BCUT2D eigenvalue weighted by Crippen LogP contribution is 2.20. The summed E-state index contributed by atoms with van der Waals surface area (Å²) in [6.07, 6.45) is 2.48. The second-order valence-electron chi connectivity index (χ2n) is 5.63. The Morgan fingerprint density at radius 1 is 1.21 bits per heavy atom. The summed E-state index contributed by atoms with van der Waals surface area (Å²) in [5.74, 6) is 0.654. The Kier molecular flexibility index (Phi) is 7.11. The van der Waals surface area contributed by atoms with Crippen LogP contribution in [0.5, 0.6) is 0 Å². The van der Waals surface area contributed by atoms with Crippen molar-refractivity contribution in [3.63, 3.8) is 0 Å². The van der Waals surface area contributed by atoms with Crippen molar-refractivity contribution in [3.8, 4) is 0 Å². The van der Waals surface area contributed by atoms with Crippen LogP contribution in [0.25, 0.3) is 0 Å². The molecule has 0 bridgehead atoms. The Morgan fingerprint density at radius 3 is 2.58 bits per heavy atom. The molecule has 0 radical (unpaired) electrons. The average Bonchev–Trinajstić information content (AvgIpc) is 2.38. The van der Waals surface area contributed by atoms with E-state index in [9.17, 15) is 0 Å². The highest BCUT2D eigenvalue weighted by Gasteiger charge is 2.13. The molecule has 108 valence electrons. The summed E-state index contributed by atoms with van der Waals surface area (Å²) in [4.78, 5) is 0. The van der Waals surface area contributed by atoms with E-state index in [1.807, 2.05) is 7.05 Å². The molecule has 0 aromatic heterocycles. The number of nitrogens with one attached hydrogen (secondary N) is 1. The van der Waals surface area contributed by atoms with Gasteiger partial charge in [0.2, 0.25) is 0 Å². The van der Waals surface area contributed by atoms with Gasteiger partial charge < -0.3 is 10.1 Å². The van der Waals surface area contributed by atoms with Crippen LogP contribution < -0.4 is 5.32 Å². The van der Waals surface area contributed by atoms with E-state index < -0.39 is 0 Å². The molecular formula is C17H29NO. The normalized spacial score (nSPS) is 14.4. The fourth-order valence-electron chi connectivity index (χ4n) is 2.43. The maximum atomic E-state index is 5.89. The highest BCUT2D eigenvalue weighted by atomic mass is 16.5. The van der Waals surface area contributed by atoms with Gasteiger partial charge in [-0.15, -0.1) is 0 Å². The quantitative estimate of drug-likeness (QED) is 0.765. The third-order valence-electron chi connectivity index (χ3n) is 3.63. The molecule has 0 fully saturated rings. The van der Waals surface area contributed by atoms with E-state index in [4.69, 9.17) is 4.74 Å². The maximum Gasteiger partial charge on any atom is 0.0661 e. The highest BCUT2D eigenvalue weighted by molar-refractivity contribution is 5.33. The lowest BCUT2D eigenvalue weighted by molar-refractivity contribution is 0.0847. The number of hydrogen-bond acceptors (Lipinski definition) is 2. The Hall–Kier alpha value is -0.860. The lowest BCUT2D eigenvalue weighted by Crippen LogP contribution is -2.24. The zero-order chi connectivity index (χ0) is 14.3. The van der Waals surface area contributed by atoms with E-state index in [2.05, 4.69) is 51.2 Å². The van der Waals surface area contributed by atoms with E-state index in [-0.39, 0.29) is 6.04 Å².